The lowest BCUT2D eigenvalue weighted by atomic mass is 9.90. The van der Waals surface area contributed by atoms with Crippen LogP contribution in [0, 0.1) is 0 Å². The SMILES string of the molecule is O=c1cc(C2CCN(CC(O)c3ccccc3)CC2)cc[nH]1. The van der Waals surface area contributed by atoms with Gasteiger partial charge in [-0.15, -0.1) is 0 Å². The Labute approximate surface area is 130 Å². The van der Waals surface area contributed by atoms with E-state index in [1.807, 2.05) is 36.4 Å². The van der Waals surface area contributed by atoms with Crippen molar-refractivity contribution in [3.63, 3.8) is 0 Å². The zero-order valence-electron chi connectivity index (χ0n) is 12.6. The molecule has 0 spiro atoms. The first-order chi connectivity index (χ1) is 10.7. The van der Waals surface area contributed by atoms with Gasteiger partial charge in [-0.3, -0.25) is 4.79 Å². The van der Waals surface area contributed by atoms with Crippen LogP contribution in [0.5, 0.6) is 0 Å². The van der Waals surface area contributed by atoms with E-state index in [1.165, 1.54) is 0 Å². The fourth-order valence-corrected chi connectivity index (χ4v) is 3.19. The second-order valence-corrected chi connectivity index (χ2v) is 5.99. The van der Waals surface area contributed by atoms with Crippen molar-refractivity contribution in [2.24, 2.45) is 0 Å². The molecular formula is C18H22N2O2. The van der Waals surface area contributed by atoms with Crippen LogP contribution in [0.1, 0.15) is 36.0 Å². The number of aliphatic hydroxyl groups excluding tert-OH is 1. The number of benzene rings is 1. The Morgan fingerprint density at radius 1 is 1.18 bits per heavy atom. The number of β-amino-alcohol motifs (C(OH)–C–C–N with tert-alkyl or cyclic N) is 1. The molecule has 1 unspecified atom stereocenters. The number of pyridine rings is 1. The molecule has 1 saturated heterocycles. The molecule has 1 aliphatic rings. The van der Waals surface area contributed by atoms with E-state index in [4.69, 9.17) is 0 Å². The van der Waals surface area contributed by atoms with Gasteiger partial charge in [-0.1, -0.05) is 30.3 Å². The lowest BCUT2D eigenvalue weighted by Crippen LogP contribution is -2.36. The van der Waals surface area contributed by atoms with E-state index < -0.39 is 6.10 Å². The smallest absolute Gasteiger partial charge is 0.248 e. The van der Waals surface area contributed by atoms with Crippen molar-refractivity contribution in [2.45, 2.75) is 24.9 Å². The molecule has 0 amide bonds. The molecule has 3 rings (SSSR count). The minimum absolute atomic E-state index is 0.0283. The Hall–Kier alpha value is -1.91. The molecule has 0 saturated carbocycles. The van der Waals surface area contributed by atoms with E-state index in [1.54, 1.807) is 12.3 Å². The van der Waals surface area contributed by atoms with Crippen LogP contribution in [0.3, 0.4) is 0 Å². The van der Waals surface area contributed by atoms with Crippen molar-refractivity contribution in [3.05, 3.63) is 70.1 Å². The van der Waals surface area contributed by atoms with Gasteiger partial charge >= 0.3 is 0 Å². The maximum atomic E-state index is 11.4. The second-order valence-electron chi connectivity index (χ2n) is 5.99. The number of aliphatic hydroxyl groups is 1. The van der Waals surface area contributed by atoms with Gasteiger partial charge in [-0.25, -0.2) is 0 Å². The molecule has 4 heteroatoms. The molecule has 0 bridgehead atoms. The zero-order valence-corrected chi connectivity index (χ0v) is 12.6. The summed E-state index contributed by atoms with van der Waals surface area (Å²) < 4.78 is 0. The van der Waals surface area contributed by atoms with Gasteiger partial charge in [0.25, 0.3) is 0 Å². The van der Waals surface area contributed by atoms with E-state index in [2.05, 4.69) is 9.88 Å². The van der Waals surface area contributed by atoms with Crippen LogP contribution in [0.4, 0.5) is 0 Å². The van der Waals surface area contributed by atoms with Crippen LogP contribution in [0.2, 0.25) is 0 Å². The molecule has 1 atom stereocenters. The standard InChI is InChI=1S/C18H22N2O2/c21-17(15-4-2-1-3-5-15)13-20-10-7-14(8-11-20)16-6-9-19-18(22)12-16/h1-6,9,12,14,17,21H,7-8,10-11,13H2,(H,19,22). The van der Waals surface area contributed by atoms with Crippen LogP contribution in [-0.2, 0) is 0 Å². The van der Waals surface area contributed by atoms with Crippen molar-refractivity contribution in [2.75, 3.05) is 19.6 Å². The largest absolute Gasteiger partial charge is 0.387 e. The number of piperidine rings is 1. The fourth-order valence-electron chi connectivity index (χ4n) is 3.19. The minimum Gasteiger partial charge on any atom is -0.387 e. The number of rotatable bonds is 4. The molecule has 22 heavy (non-hydrogen) atoms. The van der Waals surface area contributed by atoms with Gasteiger partial charge < -0.3 is 15.0 Å². The topological polar surface area (TPSA) is 56.3 Å². The second kappa shape index (κ2) is 6.90. The molecule has 1 aromatic heterocycles. The Balaban J connectivity index is 1.55. The Morgan fingerprint density at radius 3 is 2.59 bits per heavy atom. The third-order valence-corrected chi connectivity index (χ3v) is 4.47. The summed E-state index contributed by atoms with van der Waals surface area (Å²) in [5.74, 6) is 0.451. The fraction of sp³-hybridized carbons (Fsp3) is 0.389. The number of aromatic nitrogens is 1. The van der Waals surface area contributed by atoms with Crippen molar-refractivity contribution < 1.29 is 5.11 Å². The molecule has 2 aromatic rings. The van der Waals surface area contributed by atoms with Crippen molar-refractivity contribution in [1.29, 1.82) is 0 Å². The number of hydrogen-bond acceptors (Lipinski definition) is 3. The number of nitrogens with one attached hydrogen (secondary N) is 1. The highest BCUT2D eigenvalue weighted by Crippen LogP contribution is 2.28. The first kappa shape index (κ1) is 15.0. The van der Waals surface area contributed by atoms with Crippen LogP contribution in [-0.4, -0.2) is 34.6 Å². The predicted molar refractivity (Wildman–Crippen MR) is 86.9 cm³/mol. The number of likely N-dealkylation sites (tertiary alicyclic amines) is 1. The summed E-state index contributed by atoms with van der Waals surface area (Å²) >= 11 is 0. The van der Waals surface area contributed by atoms with Crippen molar-refractivity contribution >= 4 is 0 Å². The summed E-state index contributed by atoms with van der Waals surface area (Å²) in [4.78, 5) is 16.4. The van der Waals surface area contributed by atoms with E-state index >= 15 is 0 Å². The molecule has 4 nitrogen and oxygen atoms in total. The number of aromatic amines is 1. The predicted octanol–water partition coefficient (Wildman–Crippen LogP) is 2.29. The summed E-state index contributed by atoms with van der Waals surface area (Å²) in [6, 6.07) is 13.5. The maximum absolute atomic E-state index is 11.4. The maximum Gasteiger partial charge on any atom is 0.248 e. The zero-order chi connectivity index (χ0) is 15.4. The average molecular weight is 298 g/mol. The minimum atomic E-state index is -0.433. The van der Waals surface area contributed by atoms with Gasteiger partial charge in [0.2, 0.25) is 5.56 Å². The first-order valence-corrected chi connectivity index (χ1v) is 7.86. The molecule has 1 aliphatic heterocycles. The van der Waals surface area contributed by atoms with E-state index in [9.17, 15) is 9.90 Å². The monoisotopic (exact) mass is 298 g/mol. The van der Waals surface area contributed by atoms with Crippen molar-refractivity contribution in [1.82, 2.24) is 9.88 Å². The lowest BCUT2D eigenvalue weighted by Gasteiger charge is -2.33. The summed E-state index contributed by atoms with van der Waals surface area (Å²) in [6.45, 7) is 2.59. The summed E-state index contributed by atoms with van der Waals surface area (Å²) in [6.07, 6.45) is 3.36. The van der Waals surface area contributed by atoms with Gasteiger partial charge in [0, 0.05) is 18.8 Å². The molecular weight excluding hydrogens is 276 g/mol. The molecule has 116 valence electrons. The quantitative estimate of drug-likeness (QED) is 0.910. The van der Waals surface area contributed by atoms with Gasteiger partial charge in [0.05, 0.1) is 6.10 Å². The van der Waals surface area contributed by atoms with E-state index in [0.29, 0.717) is 12.5 Å². The van der Waals surface area contributed by atoms with E-state index in [0.717, 1.165) is 37.1 Å². The third-order valence-electron chi connectivity index (χ3n) is 4.47. The summed E-state index contributed by atoms with van der Waals surface area (Å²) in [7, 11) is 0. The number of nitrogens with zero attached hydrogens (tertiary/aromatic N) is 1. The Morgan fingerprint density at radius 2 is 1.91 bits per heavy atom. The third kappa shape index (κ3) is 3.64. The Kier molecular flexibility index (Phi) is 4.71. The highest BCUT2D eigenvalue weighted by Gasteiger charge is 2.22. The highest BCUT2D eigenvalue weighted by atomic mass is 16.3. The van der Waals surface area contributed by atoms with Gasteiger partial charge in [-0.05, 0) is 49.0 Å². The lowest BCUT2D eigenvalue weighted by molar-refractivity contribution is 0.0972. The summed E-state index contributed by atoms with van der Waals surface area (Å²) in [5, 5.41) is 10.3. The molecule has 0 radical (unpaired) electrons. The summed E-state index contributed by atoms with van der Waals surface area (Å²) in [5.41, 5.74) is 2.07. The molecule has 0 aliphatic carbocycles. The molecule has 2 N–H and O–H groups in total. The van der Waals surface area contributed by atoms with Crippen molar-refractivity contribution in [3.8, 4) is 0 Å². The highest BCUT2D eigenvalue weighted by molar-refractivity contribution is 5.18. The van der Waals surface area contributed by atoms with E-state index in [-0.39, 0.29) is 5.56 Å². The Bertz CT molecular complexity index is 645. The molecule has 2 heterocycles. The van der Waals surface area contributed by atoms with Gasteiger partial charge in [0.1, 0.15) is 0 Å². The molecule has 1 fully saturated rings. The van der Waals surface area contributed by atoms with Crippen LogP contribution in [0.15, 0.2) is 53.5 Å². The first-order valence-electron chi connectivity index (χ1n) is 7.86. The van der Waals surface area contributed by atoms with Gasteiger partial charge in [-0.2, -0.15) is 0 Å². The number of hydrogen-bond donors (Lipinski definition) is 2. The van der Waals surface area contributed by atoms with Crippen LogP contribution in [0.25, 0.3) is 0 Å². The van der Waals surface area contributed by atoms with Gasteiger partial charge in [0.15, 0.2) is 0 Å². The van der Waals surface area contributed by atoms with Crippen LogP contribution < -0.4 is 5.56 Å². The molecule has 1 aromatic carbocycles. The normalized spacial score (nSPS) is 18.2. The number of H-pyrrole nitrogens is 1. The van der Waals surface area contributed by atoms with Crippen LogP contribution >= 0.6 is 0 Å². The average Bonchev–Trinajstić information content (AvgIpc) is 2.56.